The van der Waals surface area contributed by atoms with Crippen LogP contribution in [-0.4, -0.2) is 14.2 Å². The summed E-state index contributed by atoms with van der Waals surface area (Å²) in [7, 11) is 3.25. The van der Waals surface area contributed by atoms with E-state index in [1.807, 2.05) is 18.2 Å². The van der Waals surface area contributed by atoms with E-state index in [0.717, 1.165) is 29.0 Å². The number of rotatable bonds is 5. The zero-order chi connectivity index (χ0) is 11.3. The third-order valence-corrected chi connectivity index (χ3v) is 2.24. The molecule has 1 rings (SSSR count). The summed E-state index contributed by atoms with van der Waals surface area (Å²) in [5.74, 6) is 1.45. The fraction of sp³-hybridized carbons (Fsp3) is 0.231. The van der Waals surface area contributed by atoms with Crippen LogP contribution in [0.1, 0.15) is 11.1 Å². The van der Waals surface area contributed by atoms with Crippen LogP contribution in [0.3, 0.4) is 0 Å². The lowest BCUT2D eigenvalue weighted by atomic mass is 10.0. The van der Waals surface area contributed by atoms with Crippen LogP contribution in [0, 0.1) is 0 Å². The molecule has 0 heterocycles. The molecular formula is C13H16O2. The van der Waals surface area contributed by atoms with Crippen molar-refractivity contribution >= 4 is 6.08 Å². The van der Waals surface area contributed by atoms with Gasteiger partial charge in [0.2, 0.25) is 0 Å². The Morgan fingerprint density at radius 3 is 2.40 bits per heavy atom. The van der Waals surface area contributed by atoms with Crippen LogP contribution in [-0.2, 0) is 6.42 Å². The molecule has 0 saturated heterocycles. The zero-order valence-electron chi connectivity index (χ0n) is 9.25. The monoisotopic (exact) mass is 204 g/mol. The van der Waals surface area contributed by atoms with Crippen LogP contribution in [0.5, 0.6) is 11.5 Å². The maximum Gasteiger partial charge on any atom is 0.168 e. The Bertz CT molecular complexity index is 367. The van der Waals surface area contributed by atoms with E-state index < -0.39 is 0 Å². The molecule has 0 radical (unpaired) electrons. The molecule has 0 fully saturated rings. The van der Waals surface area contributed by atoms with Crippen LogP contribution in [0.25, 0.3) is 6.08 Å². The third kappa shape index (κ3) is 2.21. The minimum absolute atomic E-state index is 0.722. The molecule has 0 aliphatic carbocycles. The van der Waals surface area contributed by atoms with Crippen LogP contribution in [0.4, 0.5) is 0 Å². The molecule has 0 spiro atoms. The lowest BCUT2D eigenvalue weighted by Crippen LogP contribution is -1.96. The van der Waals surface area contributed by atoms with Gasteiger partial charge in [0.15, 0.2) is 11.5 Å². The Morgan fingerprint density at radius 2 is 1.93 bits per heavy atom. The van der Waals surface area contributed by atoms with E-state index >= 15 is 0 Å². The fourth-order valence-electron chi connectivity index (χ4n) is 1.55. The highest BCUT2D eigenvalue weighted by molar-refractivity contribution is 5.65. The Hall–Kier alpha value is -1.70. The third-order valence-electron chi connectivity index (χ3n) is 2.24. The van der Waals surface area contributed by atoms with Gasteiger partial charge in [-0.15, -0.1) is 6.58 Å². The minimum atomic E-state index is 0.722. The SMILES string of the molecule is C=CCc1ccc(OC)c(OC)c1C=C. The van der Waals surface area contributed by atoms with Gasteiger partial charge in [-0.3, -0.25) is 0 Å². The normalized spacial score (nSPS) is 9.47. The van der Waals surface area contributed by atoms with Gasteiger partial charge in [-0.05, 0) is 18.1 Å². The molecule has 0 atom stereocenters. The average Bonchev–Trinajstić information content (AvgIpc) is 2.28. The van der Waals surface area contributed by atoms with E-state index in [4.69, 9.17) is 9.47 Å². The molecule has 80 valence electrons. The predicted molar refractivity (Wildman–Crippen MR) is 63.5 cm³/mol. The first kappa shape index (κ1) is 11.4. The van der Waals surface area contributed by atoms with Crippen molar-refractivity contribution in [2.45, 2.75) is 6.42 Å². The standard InChI is InChI=1S/C13H16O2/c1-5-7-10-8-9-12(14-3)13(15-4)11(10)6-2/h5-6,8-9H,1-2,7H2,3-4H3. The number of hydrogen-bond donors (Lipinski definition) is 0. The van der Waals surface area contributed by atoms with Gasteiger partial charge in [0, 0.05) is 5.56 Å². The Labute approximate surface area is 90.8 Å². The van der Waals surface area contributed by atoms with E-state index in [9.17, 15) is 0 Å². The molecule has 0 aliphatic rings. The summed E-state index contributed by atoms with van der Waals surface area (Å²) < 4.78 is 10.5. The maximum atomic E-state index is 5.31. The van der Waals surface area contributed by atoms with E-state index in [0.29, 0.717) is 0 Å². The van der Waals surface area contributed by atoms with Crippen molar-refractivity contribution in [3.05, 3.63) is 42.5 Å². The second-order valence-corrected chi connectivity index (χ2v) is 3.07. The van der Waals surface area contributed by atoms with Gasteiger partial charge in [0.25, 0.3) is 0 Å². The van der Waals surface area contributed by atoms with E-state index in [1.54, 1.807) is 20.3 Å². The van der Waals surface area contributed by atoms with Crippen LogP contribution < -0.4 is 9.47 Å². The zero-order valence-corrected chi connectivity index (χ0v) is 9.25. The van der Waals surface area contributed by atoms with Gasteiger partial charge in [0.1, 0.15) is 0 Å². The van der Waals surface area contributed by atoms with Crippen molar-refractivity contribution in [3.8, 4) is 11.5 Å². The van der Waals surface area contributed by atoms with Crippen molar-refractivity contribution in [3.63, 3.8) is 0 Å². The lowest BCUT2D eigenvalue weighted by Gasteiger charge is -2.13. The largest absolute Gasteiger partial charge is 0.493 e. The molecule has 0 bridgehead atoms. The second-order valence-electron chi connectivity index (χ2n) is 3.07. The van der Waals surface area contributed by atoms with Crippen LogP contribution in [0.15, 0.2) is 31.4 Å². The van der Waals surface area contributed by atoms with Crippen LogP contribution in [0.2, 0.25) is 0 Å². The highest BCUT2D eigenvalue weighted by Gasteiger charge is 2.11. The Balaban J connectivity index is 3.33. The Kier molecular flexibility index (Phi) is 3.98. The van der Waals surface area contributed by atoms with Gasteiger partial charge in [-0.25, -0.2) is 0 Å². The molecule has 0 aliphatic heterocycles. The van der Waals surface area contributed by atoms with Gasteiger partial charge >= 0.3 is 0 Å². The Morgan fingerprint density at radius 1 is 1.20 bits per heavy atom. The second kappa shape index (κ2) is 5.25. The molecule has 0 amide bonds. The van der Waals surface area contributed by atoms with Crippen LogP contribution >= 0.6 is 0 Å². The van der Waals surface area contributed by atoms with Gasteiger partial charge in [-0.1, -0.05) is 24.8 Å². The van der Waals surface area contributed by atoms with Crippen molar-refractivity contribution in [2.24, 2.45) is 0 Å². The molecule has 0 N–H and O–H groups in total. The summed E-state index contributed by atoms with van der Waals surface area (Å²) in [4.78, 5) is 0. The molecule has 1 aromatic rings. The average molecular weight is 204 g/mol. The molecule has 0 saturated carbocycles. The quantitative estimate of drug-likeness (QED) is 0.686. The number of allylic oxidation sites excluding steroid dienone is 1. The molecule has 0 aromatic heterocycles. The van der Waals surface area contributed by atoms with Gasteiger partial charge in [0.05, 0.1) is 14.2 Å². The lowest BCUT2D eigenvalue weighted by molar-refractivity contribution is 0.354. The summed E-state index contributed by atoms with van der Waals surface area (Å²) in [6, 6.07) is 3.89. The molecule has 2 nitrogen and oxygen atoms in total. The summed E-state index contributed by atoms with van der Waals surface area (Å²) in [5, 5.41) is 0. The first-order valence-corrected chi connectivity index (χ1v) is 4.75. The molecule has 1 aromatic carbocycles. The first-order chi connectivity index (χ1) is 7.28. The molecule has 15 heavy (non-hydrogen) atoms. The number of benzene rings is 1. The highest BCUT2D eigenvalue weighted by atomic mass is 16.5. The smallest absolute Gasteiger partial charge is 0.168 e. The predicted octanol–water partition coefficient (Wildman–Crippen LogP) is 3.08. The van der Waals surface area contributed by atoms with E-state index in [-0.39, 0.29) is 0 Å². The van der Waals surface area contributed by atoms with Gasteiger partial charge < -0.3 is 9.47 Å². The molecule has 0 unspecified atom stereocenters. The first-order valence-electron chi connectivity index (χ1n) is 4.75. The summed E-state index contributed by atoms with van der Waals surface area (Å²) in [5.41, 5.74) is 2.11. The van der Waals surface area contributed by atoms with E-state index in [2.05, 4.69) is 13.2 Å². The van der Waals surface area contributed by atoms with Crippen molar-refractivity contribution in [1.82, 2.24) is 0 Å². The number of hydrogen-bond acceptors (Lipinski definition) is 2. The van der Waals surface area contributed by atoms with Crippen molar-refractivity contribution in [2.75, 3.05) is 14.2 Å². The van der Waals surface area contributed by atoms with Crippen molar-refractivity contribution in [1.29, 1.82) is 0 Å². The van der Waals surface area contributed by atoms with Crippen molar-refractivity contribution < 1.29 is 9.47 Å². The summed E-state index contributed by atoms with van der Waals surface area (Å²) >= 11 is 0. The van der Waals surface area contributed by atoms with E-state index in [1.165, 1.54) is 0 Å². The summed E-state index contributed by atoms with van der Waals surface area (Å²) in [6.07, 6.45) is 4.43. The maximum absolute atomic E-state index is 5.31. The molecular weight excluding hydrogens is 188 g/mol. The van der Waals surface area contributed by atoms with Gasteiger partial charge in [-0.2, -0.15) is 0 Å². The molecule has 2 heteroatoms. The topological polar surface area (TPSA) is 18.5 Å². The number of methoxy groups -OCH3 is 2. The fourth-order valence-corrected chi connectivity index (χ4v) is 1.55. The number of ether oxygens (including phenoxy) is 2. The highest BCUT2D eigenvalue weighted by Crippen LogP contribution is 2.34. The minimum Gasteiger partial charge on any atom is -0.493 e. The summed E-state index contributed by atoms with van der Waals surface area (Å²) in [6.45, 7) is 7.51.